The number of carbonyl (C=O) groups excluding carboxylic acids is 1. The predicted octanol–water partition coefficient (Wildman–Crippen LogP) is 1.65. The molecule has 1 aliphatic rings. The summed E-state index contributed by atoms with van der Waals surface area (Å²) in [6.45, 7) is 6.90. The highest BCUT2D eigenvalue weighted by molar-refractivity contribution is 9.10. The van der Waals surface area contributed by atoms with Crippen LogP contribution < -0.4 is 10.5 Å². The summed E-state index contributed by atoms with van der Waals surface area (Å²) in [6.07, 6.45) is 0. The number of nitrogens with one attached hydrogen (secondary N) is 1. The molecule has 23 heavy (non-hydrogen) atoms. The molecule has 2 rings (SSSR count). The van der Waals surface area contributed by atoms with Gasteiger partial charge in [0.05, 0.1) is 4.90 Å². The standard InChI is InChI=1S/C14H20BrN3O3S.ClH/c1-8-12(6-11(15)7-13(8)22(16,20)21)14(19)18-5-4-17-9(2)10(18)3;/h6-7,9-10,17H,4-5H2,1-3H3,(H2,16,20,21);1H. The van der Waals surface area contributed by atoms with Gasteiger partial charge in [0.2, 0.25) is 10.0 Å². The lowest BCUT2D eigenvalue weighted by molar-refractivity contribution is 0.0602. The summed E-state index contributed by atoms with van der Waals surface area (Å²) >= 11 is 3.26. The number of primary sulfonamides is 1. The Kier molecular flexibility index (Phi) is 6.63. The molecule has 1 saturated heterocycles. The zero-order chi connectivity index (χ0) is 16.7. The third-order valence-corrected chi connectivity index (χ3v) is 5.65. The van der Waals surface area contributed by atoms with E-state index in [9.17, 15) is 13.2 Å². The zero-order valence-electron chi connectivity index (χ0n) is 13.2. The summed E-state index contributed by atoms with van der Waals surface area (Å²) in [6, 6.07) is 3.28. The molecule has 2 atom stereocenters. The van der Waals surface area contributed by atoms with Crippen molar-refractivity contribution in [3.05, 3.63) is 27.7 Å². The van der Waals surface area contributed by atoms with Crippen molar-refractivity contribution in [1.82, 2.24) is 10.2 Å². The van der Waals surface area contributed by atoms with E-state index in [1.54, 1.807) is 17.9 Å². The molecule has 1 aliphatic heterocycles. The zero-order valence-corrected chi connectivity index (χ0v) is 16.4. The number of piperazine rings is 1. The number of nitrogens with two attached hydrogens (primary N) is 1. The minimum atomic E-state index is -3.88. The second-order valence-electron chi connectivity index (χ2n) is 5.60. The molecule has 0 radical (unpaired) electrons. The first-order valence-electron chi connectivity index (χ1n) is 7.00. The molecule has 1 aromatic rings. The fraction of sp³-hybridized carbons (Fsp3) is 0.500. The van der Waals surface area contributed by atoms with Gasteiger partial charge in [-0.05, 0) is 38.5 Å². The van der Waals surface area contributed by atoms with Crippen molar-refractivity contribution in [2.45, 2.75) is 37.8 Å². The number of halogens is 2. The molecule has 3 N–H and O–H groups in total. The molecule has 6 nitrogen and oxygen atoms in total. The molecule has 130 valence electrons. The molecule has 0 saturated carbocycles. The summed E-state index contributed by atoms with van der Waals surface area (Å²) in [7, 11) is -3.88. The first kappa shape index (κ1) is 20.4. The molecular weight excluding hydrogens is 406 g/mol. The van der Waals surface area contributed by atoms with E-state index < -0.39 is 10.0 Å². The van der Waals surface area contributed by atoms with Gasteiger partial charge in [-0.15, -0.1) is 12.4 Å². The van der Waals surface area contributed by atoms with Crippen LogP contribution in [0.15, 0.2) is 21.5 Å². The Labute approximate surface area is 151 Å². The number of sulfonamides is 1. The van der Waals surface area contributed by atoms with E-state index in [4.69, 9.17) is 5.14 Å². The second kappa shape index (κ2) is 7.48. The number of benzene rings is 1. The van der Waals surface area contributed by atoms with Gasteiger partial charge in [-0.3, -0.25) is 4.79 Å². The molecular formula is C14H21BrClN3O3S. The summed E-state index contributed by atoms with van der Waals surface area (Å²) < 4.78 is 23.9. The highest BCUT2D eigenvalue weighted by atomic mass is 79.9. The van der Waals surface area contributed by atoms with E-state index in [-0.39, 0.29) is 35.3 Å². The van der Waals surface area contributed by atoms with E-state index in [1.165, 1.54) is 6.07 Å². The Hall–Kier alpha value is -0.670. The Bertz CT molecular complexity index is 711. The average Bonchev–Trinajstić information content (AvgIpc) is 2.42. The molecule has 1 fully saturated rings. The van der Waals surface area contributed by atoms with E-state index in [2.05, 4.69) is 21.2 Å². The smallest absolute Gasteiger partial charge is 0.254 e. The Morgan fingerprint density at radius 2 is 2.00 bits per heavy atom. The number of nitrogens with zero attached hydrogens (tertiary/aromatic N) is 1. The van der Waals surface area contributed by atoms with Crippen LogP contribution in [0.1, 0.15) is 29.8 Å². The Morgan fingerprint density at radius 3 is 2.57 bits per heavy atom. The van der Waals surface area contributed by atoms with Crippen molar-refractivity contribution in [3.8, 4) is 0 Å². The maximum atomic E-state index is 12.8. The lowest BCUT2D eigenvalue weighted by Gasteiger charge is -2.39. The molecule has 1 aromatic carbocycles. The SMILES string of the molecule is Cc1c(C(=O)N2CCNC(C)C2C)cc(Br)cc1S(N)(=O)=O.Cl. The minimum absolute atomic E-state index is 0. The van der Waals surface area contributed by atoms with Gasteiger partial charge in [0.25, 0.3) is 5.91 Å². The van der Waals surface area contributed by atoms with Crippen molar-refractivity contribution < 1.29 is 13.2 Å². The van der Waals surface area contributed by atoms with Gasteiger partial charge in [0.15, 0.2) is 0 Å². The van der Waals surface area contributed by atoms with Gasteiger partial charge >= 0.3 is 0 Å². The van der Waals surface area contributed by atoms with Crippen LogP contribution >= 0.6 is 28.3 Å². The van der Waals surface area contributed by atoms with Crippen LogP contribution in [0, 0.1) is 6.92 Å². The van der Waals surface area contributed by atoms with Crippen molar-refractivity contribution in [1.29, 1.82) is 0 Å². The molecule has 1 amide bonds. The van der Waals surface area contributed by atoms with Gasteiger partial charge in [0, 0.05) is 35.2 Å². The average molecular weight is 427 g/mol. The van der Waals surface area contributed by atoms with E-state index in [0.717, 1.165) is 0 Å². The normalized spacial score (nSPS) is 21.7. The molecule has 0 aliphatic carbocycles. The molecule has 0 bridgehead atoms. The lowest BCUT2D eigenvalue weighted by atomic mass is 10.0. The molecule has 9 heteroatoms. The monoisotopic (exact) mass is 425 g/mol. The van der Waals surface area contributed by atoms with Gasteiger partial charge in [-0.25, -0.2) is 13.6 Å². The molecule has 2 unspecified atom stereocenters. The number of hydrogen-bond donors (Lipinski definition) is 2. The van der Waals surface area contributed by atoms with Gasteiger partial charge in [0.1, 0.15) is 0 Å². The summed E-state index contributed by atoms with van der Waals surface area (Å²) in [4.78, 5) is 14.6. The van der Waals surface area contributed by atoms with Gasteiger partial charge in [-0.1, -0.05) is 15.9 Å². The Morgan fingerprint density at radius 1 is 1.39 bits per heavy atom. The number of amides is 1. The van der Waals surface area contributed by atoms with Crippen LogP contribution in [0.25, 0.3) is 0 Å². The van der Waals surface area contributed by atoms with Crippen LogP contribution in [0.5, 0.6) is 0 Å². The fourth-order valence-electron chi connectivity index (χ4n) is 2.67. The van der Waals surface area contributed by atoms with E-state index in [0.29, 0.717) is 28.7 Å². The second-order valence-corrected chi connectivity index (χ2v) is 8.05. The molecule has 1 heterocycles. The van der Waals surface area contributed by atoms with Crippen LogP contribution in [0.3, 0.4) is 0 Å². The topological polar surface area (TPSA) is 92.5 Å². The first-order valence-corrected chi connectivity index (χ1v) is 9.34. The molecule has 0 aromatic heterocycles. The third kappa shape index (κ3) is 4.24. The summed E-state index contributed by atoms with van der Waals surface area (Å²) in [5.74, 6) is -0.176. The minimum Gasteiger partial charge on any atom is -0.333 e. The van der Waals surface area contributed by atoms with Crippen molar-refractivity contribution >= 4 is 44.3 Å². The summed E-state index contributed by atoms with van der Waals surface area (Å²) in [5.41, 5.74) is 0.744. The van der Waals surface area contributed by atoms with Crippen molar-refractivity contribution in [2.75, 3.05) is 13.1 Å². The first-order chi connectivity index (χ1) is 10.1. The van der Waals surface area contributed by atoms with Crippen molar-refractivity contribution in [2.24, 2.45) is 5.14 Å². The van der Waals surface area contributed by atoms with Crippen LogP contribution in [0.4, 0.5) is 0 Å². The largest absolute Gasteiger partial charge is 0.333 e. The number of carbonyl (C=O) groups is 1. The van der Waals surface area contributed by atoms with Gasteiger partial charge < -0.3 is 10.2 Å². The Balaban J connectivity index is 0.00000264. The van der Waals surface area contributed by atoms with Gasteiger partial charge in [-0.2, -0.15) is 0 Å². The van der Waals surface area contributed by atoms with E-state index in [1.807, 2.05) is 13.8 Å². The highest BCUT2D eigenvalue weighted by Gasteiger charge is 2.30. The quantitative estimate of drug-likeness (QED) is 0.752. The predicted molar refractivity (Wildman–Crippen MR) is 95.5 cm³/mol. The fourth-order valence-corrected chi connectivity index (χ4v) is 4.11. The van der Waals surface area contributed by atoms with Crippen LogP contribution in [-0.4, -0.2) is 44.4 Å². The van der Waals surface area contributed by atoms with Crippen LogP contribution in [0.2, 0.25) is 0 Å². The maximum absolute atomic E-state index is 12.8. The summed E-state index contributed by atoms with van der Waals surface area (Å²) in [5, 5.41) is 8.55. The molecule has 0 spiro atoms. The van der Waals surface area contributed by atoms with Crippen molar-refractivity contribution in [3.63, 3.8) is 0 Å². The maximum Gasteiger partial charge on any atom is 0.254 e. The number of rotatable bonds is 2. The lowest BCUT2D eigenvalue weighted by Crippen LogP contribution is -2.57. The van der Waals surface area contributed by atoms with E-state index >= 15 is 0 Å². The van der Waals surface area contributed by atoms with Crippen LogP contribution in [-0.2, 0) is 10.0 Å². The highest BCUT2D eigenvalue weighted by Crippen LogP contribution is 2.26. The third-order valence-electron chi connectivity index (χ3n) is 4.16. The number of hydrogen-bond acceptors (Lipinski definition) is 4.